The second kappa shape index (κ2) is 11.4. The molecule has 0 radical (unpaired) electrons. The maximum absolute atomic E-state index is 6.74. The van der Waals surface area contributed by atoms with Crippen LogP contribution in [0.25, 0.3) is 110 Å². The zero-order valence-electron chi connectivity index (χ0n) is 32.3. The van der Waals surface area contributed by atoms with Crippen LogP contribution in [0.15, 0.2) is 173 Å². The molecule has 59 heavy (non-hydrogen) atoms. The second-order valence-electron chi connectivity index (χ2n) is 16.5. The first kappa shape index (κ1) is 31.6. The molecular formula is C55H35N3O. The third kappa shape index (κ3) is 4.05. The maximum atomic E-state index is 6.74. The van der Waals surface area contributed by atoms with Crippen LogP contribution < -0.4 is 0 Å². The molecule has 4 heteroatoms. The number of hydrogen-bond acceptors (Lipinski definition) is 2. The van der Waals surface area contributed by atoms with Crippen LogP contribution in [-0.4, -0.2) is 14.7 Å². The van der Waals surface area contributed by atoms with Crippen molar-refractivity contribution in [2.75, 3.05) is 0 Å². The van der Waals surface area contributed by atoms with E-state index in [0.29, 0.717) is 0 Å². The first-order chi connectivity index (χ1) is 29.2. The minimum Gasteiger partial charge on any atom is -0.456 e. The number of aromatic nitrogens is 2. The molecule has 0 N–H and O–H groups in total. The fraction of sp³-hybridized carbons (Fsp3) is 0.0727. The molecule has 4 nitrogen and oxygen atoms in total. The molecule has 5 heterocycles. The number of furan rings is 1. The van der Waals surface area contributed by atoms with E-state index in [4.69, 9.17) is 9.41 Å². The number of fused-ring (bicyclic) bond motifs is 8. The molecule has 2 aliphatic rings. The van der Waals surface area contributed by atoms with Gasteiger partial charge in [0.2, 0.25) is 0 Å². The van der Waals surface area contributed by atoms with Gasteiger partial charge in [0.15, 0.2) is 0 Å². The van der Waals surface area contributed by atoms with Crippen molar-refractivity contribution in [1.82, 2.24) is 8.97 Å². The van der Waals surface area contributed by atoms with Crippen molar-refractivity contribution in [2.45, 2.75) is 19.3 Å². The normalized spacial score (nSPS) is 16.9. The van der Waals surface area contributed by atoms with Gasteiger partial charge in [0.05, 0.1) is 44.4 Å². The maximum Gasteiger partial charge on any atom is 0.137 e. The van der Waals surface area contributed by atoms with Gasteiger partial charge in [-0.25, -0.2) is 0 Å². The van der Waals surface area contributed by atoms with Crippen molar-refractivity contribution in [3.05, 3.63) is 180 Å². The van der Waals surface area contributed by atoms with Crippen LogP contribution in [0.5, 0.6) is 0 Å². The van der Waals surface area contributed by atoms with Crippen molar-refractivity contribution < 1.29 is 4.42 Å². The molecule has 4 aromatic heterocycles. The lowest BCUT2D eigenvalue weighted by atomic mass is 9.72. The summed E-state index contributed by atoms with van der Waals surface area (Å²) in [7, 11) is 0. The summed E-state index contributed by atoms with van der Waals surface area (Å²) in [5.74, 6) is 0.277. The van der Waals surface area contributed by atoms with Crippen molar-refractivity contribution >= 4 is 105 Å². The highest BCUT2D eigenvalue weighted by Gasteiger charge is 2.39. The molecule has 1 aliphatic heterocycles. The first-order valence-corrected chi connectivity index (χ1v) is 20.8. The zero-order valence-corrected chi connectivity index (χ0v) is 32.3. The van der Waals surface area contributed by atoms with E-state index in [1.54, 1.807) is 0 Å². The summed E-state index contributed by atoms with van der Waals surface area (Å²) in [6.45, 7) is 2.36. The zero-order chi connectivity index (χ0) is 38.5. The van der Waals surface area contributed by atoms with E-state index < -0.39 is 0 Å². The molecule has 0 saturated heterocycles. The Labute approximate surface area is 338 Å². The van der Waals surface area contributed by atoms with Crippen LogP contribution in [0, 0.1) is 5.92 Å². The molecule has 0 saturated carbocycles. The number of benzene rings is 8. The number of nitrogens with zero attached hydrogens (tertiary/aromatic N) is 3. The summed E-state index contributed by atoms with van der Waals surface area (Å²) in [5.41, 5.74) is 17.4. The van der Waals surface area contributed by atoms with Gasteiger partial charge in [-0.2, -0.15) is 0 Å². The Morgan fingerprint density at radius 1 is 0.542 bits per heavy atom. The Bertz CT molecular complexity index is 3830. The summed E-state index contributed by atoms with van der Waals surface area (Å²) in [6, 6.07) is 58.0. The van der Waals surface area contributed by atoms with Crippen LogP contribution in [0.3, 0.4) is 0 Å². The number of aliphatic imine (C=N–C) groups is 1. The van der Waals surface area contributed by atoms with Gasteiger partial charge in [0.25, 0.3) is 0 Å². The fourth-order valence-electron chi connectivity index (χ4n) is 11.2. The Hall–Kier alpha value is -7.43. The highest BCUT2D eigenvalue weighted by atomic mass is 16.3. The number of para-hydroxylation sites is 1. The van der Waals surface area contributed by atoms with Gasteiger partial charge in [-0.1, -0.05) is 122 Å². The Balaban J connectivity index is 1.11. The average Bonchev–Trinajstić information content (AvgIpc) is 3.92. The molecular weight excluding hydrogens is 719 g/mol. The molecule has 12 aromatic rings. The van der Waals surface area contributed by atoms with Crippen molar-refractivity contribution in [3.8, 4) is 11.1 Å². The third-order valence-electron chi connectivity index (χ3n) is 13.6. The van der Waals surface area contributed by atoms with Crippen molar-refractivity contribution in [2.24, 2.45) is 10.9 Å². The summed E-state index contributed by atoms with van der Waals surface area (Å²) in [6.07, 6.45) is 5.47. The van der Waals surface area contributed by atoms with E-state index in [0.717, 1.165) is 34.6 Å². The largest absolute Gasteiger partial charge is 0.456 e. The van der Waals surface area contributed by atoms with Crippen LogP contribution in [-0.2, 0) is 0 Å². The Morgan fingerprint density at radius 2 is 1.27 bits per heavy atom. The first-order valence-electron chi connectivity index (χ1n) is 20.8. The average molecular weight is 754 g/mol. The molecule has 0 fully saturated rings. The predicted molar refractivity (Wildman–Crippen MR) is 247 cm³/mol. The van der Waals surface area contributed by atoms with E-state index in [-0.39, 0.29) is 11.8 Å². The standard InChI is InChI=1S/C55H35N3O/c1-2-37-48-38-13-6-5-11-33(38)24-26-41(48)56-53(34-21-18-32(19-22-34)36-23-20-31-10-3-4-12-35(31)30-36)55(37)58-44-17-9-16-43-49(44)50-45(58)27-29-46-51(50)52-47(59-46)28-25-40-39-14-7-8-15-42(39)57(43)54(40)52/h3-30,37,48H,2H2,1H3. The van der Waals surface area contributed by atoms with Crippen LogP contribution >= 0.6 is 0 Å². The highest BCUT2D eigenvalue weighted by Crippen LogP contribution is 2.53. The van der Waals surface area contributed by atoms with Crippen LogP contribution in [0.4, 0.5) is 0 Å². The quantitative estimate of drug-likeness (QED) is 0.176. The lowest BCUT2D eigenvalue weighted by Crippen LogP contribution is -2.30. The topological polar surface area (TPSA) is 34.8 Å². The minimum absolute atomic E-state index is 0.124. The van der Waals surface area contributed by atoms with Crippen molar-refractivity contribution in [3.63, 3.8) is 0 Å². The molecule has 2 atom stereocenters. The van der Waals surface area contributed by atoms with Crippen LogP contribution in [0.1, 0.15) is 36.0 Å². The molecule has 14 rings (SSSR count). The van der Waals surface area contributed by atoms with E-state index >= 15 is 0 Å². The molecule has 1 aliphatic carbocycles. The molecule has 276 valence electrons. The third-order valence-corrected chi connectivity index (χ3v) is 13.6. The molecule has 8 aromatic carbocycles. The molecule has 0 spiro atoms. The SMILES string of the molecule is CCC1C(n2c3ccc4oc5ccc6c7ccccc7n7c8cccc2c8c3c4c5c67)=C(c2ccc(-c3ccc4ccccc4c3)cc2)N=C2C=Cc3ccccc3C21. The summed E-state index contributed by atoms with van der Waals surface area (Å²) >= 11 is 0. The monoisotopic (exact) mass is 753 g/mol. The van der Waals surface area contributed by atoms with Gasteiger partial charge in [-0.15, -0.1) is 0 Å². The number of rotatable bonds is 4. The number of hydrogen-bond donors (Lipinski definition) is 0. The van der Waals surface area contributed by atoms with E-state index in [2.05, 4.69) is 186 Å². The Morgan fingerprint density at radius 3 is 2.19 bits per heavy atom. The van der Waals surface area contributed by atoms with E-state index in [1.165, 1.54) is 98.6 Å². The van der Waals surface area contributed by atoms with Crippen LogP contribution in [0.2, 0.25) is 0 Å². The Kier molecular flexibility index (Phi) is 6.09. The molecule has 0 bridgehead atoms. The van der Waals surface area contributed by atoms with Gasteiger partial charge in [0, 0.05) is 50.0 Å². The van der Waals surface area contributed by atoms with Gasteiger partial charge in [-0.3, -0.25) is 4.99 Å². The van der Waals surface area contributed by atoms with E-state index in [1.807, 2.05) is 0 Å². The lowest BCUT2D eigenvalue weighted by molar-refractivity contribution is 0.579. The second-order valence-corrected chi connectivity index (χ2v) is 16.5. The van der Waals surface area contributed by atoms with Crippen molar-refractivity contribution in [1.29, 1.82) is 0 Å². The predicted octanol–water partition coefficient (Wildman–Crippen LogP) is 14.6. The van der Waals surface area contributed by atoms with Gasteiger partial charge >= 0.3 is 0 Å². The van der Waals surface area contributed by atoms with Gasteiger partial charge in [0.1, 0.15) is 11.2 Å². The minimum atomic E-state index is 0.124. The molecule has 0 amide bonds. The smallest absolute Gasteiger partial charge is 0.137 e. The van der Waals surface area contributed by atoms with Gasteiger partial charge < -0.3 is 13.4 Å². The lowest BCUT2D eigenvalue weighted by Gasteiger charge is -2.37. The summed E-state index contributed by atoms with van der Waals surface area (Å²) in [5, 5.41) is 9.90. The summed E-state index contributed by atoms with van der Waals surface area (Å²) in [4.78, 5) is 5.73. The highest BCUT2D eigenvalue weighted by molar-refractivity contribution is 6.37. The van der Waals surface area contributed by atoms with E-state index in [9.17, 15) is 0 Å². The summed E-state index contributed by atoms with van der Waals surface area (Å²) < 4.78 is 11.8. The fourth-order valence-corrected chi connectivity index (χ4v) is 11.2. The molecule has 2 unspecified atom stereocenters. The number of allylic oxidation sites excluding steroid dienone is 2. The van der Waals surface area contributed by atoms with Gasteiger partial charge in [-0.05, 0) is 94.1 Å².